The van der Waals surface area contributed by atoms with Crippen LogP contribution in [-0.2, 0) is 0 Å². The van der Waals surface area contributed by atoms with Crippen molar-refractivity contribution < 1.29 is 4.74 Å². The van der Waals surface area contributed by atoms with E-state index in [1.165, 1.54) is 6.20 Å². The molecule has 2 N–H and O–H groups in total. The molecule has 16 heavy (non-hydrogen) atoms. The van der Waals surface area contributed by atoms with Crippen LogP contribution in [0, 0.1) is 0 Å². The van der Waals surface area contributed by atoms with Crippen LogP contribution < -0.4 is 10.5 Å². The Kier molecular flexibility index (Phi) is 3.31. The van der Waals surface area contributed by atoms with E-state index in [1.807, 2.05) is 12.1 Å². The number of benzene rings is 1. The minimum atomic E-state index is 0.447. The Balaban J connectivity index is 2.30. The predicted molar refractivity (Wildman–Crippen MR) is 67.9 cm³/mol. The summed E-state index contributed by atoms with van der Waals surface area (Å²) in [6, 6.07) is 8.83. The summed E-state index contributed by atoms with van der Waals surface area (Å²) in [5.74, 6) is 1.00. The van der Waals surface area contributed by atoms with Crippen LogP contribution in [0.4, 0.5) is 5.69 Å². The molecule has 0 aliphatic carbocycles. The highest BCUT2D eigenvalue weighted by atomic mass is 79.9. The Bertz CT molecular complexity index is 482. The molecule has 0 atom stereocenters. The first kappa shape index (κ1) is 11.2. The molecule has 1 aromatic heterocycles. The standard InChI is InChI=1S/C11H8BrClN2O/c12-8-2-1-3-9(14)11(8)16-10-5-4-7(13)6-15-10/h1-6H,14H2. The molecule has 5 heteroatoms. The quantitative estimate of drug-likeness (QED) is 0.856. The number of hydrogen-bond donors (Lipinski definition) is 1. The first-order chi connectivity index (χ1) is 7.66. The molecule has 0 fully saturated rings. The largest absolute Gasteiger partial charge is 0.436 e. The highest BCUT2D eigenvalue weighted by molar-refractivity contribution is 9.10. The lowest BCUT2D eigenvalue weighted by molar-refractivity contribution is 0.462. The van der Waals surface area contributed by atoms with E-state index in [4.69, 9.17) is 22.1 Å². The molecule has 1 heterocycles. The fourth-order valence-corrected chi connectivity index (χ4v) is 1.73. The molecule has 0 unspecified atom stereocenters. The summed E-state index contributed by atoms with van der Waals surface area (Å²) in [7, 11) is 0. The fraction of sp³-hybridized carbons (Fsp3) is 0. The summed E-state index contributed by atoms with van der Waals surface area (Å²) in [4.78, 5) is 4.03. The van der Waals surface area contributed by atoms with E-state index in [0.717, 1.165) is 4.47 Å². The molecular formula is C11H8BrClN2O. The van der Waals surface area contributed by atoms with Crippen molar-refractivity contribution in [1.29, 1.82) is 0 Å². The van der Waals surface area contributed by atoms with Gasteiger partial charge in [0.1, 0.15) is 0 Å². The van der Waals surface area contributed by atoms with E-state index in [9.17, 15) is 0 Å². The second-order valence-corrected chi connectivity index (χ2v) is 4.37. The van der Waals surface area contributed by atoms with Gasteiger partial charge in [0, 0.05) is 12.3 Å². The average molecular weight is 300 g/mol. The van der Waals surface area contributed by atoms with Crippen molar-refractivity contribution in [2.45, 2.75) is 0 Å². The lowest BCUT2D eigenvalue weighted by atomic mass is 10.3. The van der Waals surface area contributed by atoms with Crippen molar-refractivity contribution in [3.8, 4) is 11.6 Å². The van der Waals surface area contributed by atoms with Gasteiger partial charge in [-0.25, -0.2) is 4.98 Å². The monoisotopic (exact) mass is 298 g/mol. The zero-order valence-corrected chi connectivity index (χ0v) is 10.5. The Labute approximate surface area is 106 Å². The Hall–Kier alpha value is -1.26. The van der Waals surface area contributed by atoms with Crippen molar-refractivity contribution in [2.75, 3.05) is 5.73 Å². The van der Waals surface area contributed by atoms with Crippen molar-refractivity contribution in [3.63, 3.8) is 0 Å². The Morgan fingerprint density at radius 3 is 2.69 bits per heavy atom. The highest BCUT2D eigenvalue weighted by Crippen LogP contribution is 2.34. The van der Waals surface area contributed by atoms with E-state index < -0.39 is 0 Å². The molecule has 0 aliphatic heterocycles. The Morgan fingerprint density at radius 1 is 1.25 bits per heavy atom. The minimum absolute atomic E-state index is 0.447. The van der Waals surface area contributed by atoms with Crippen molar-refractivity contribution in [3.05, 3.63) is 46.0 Å². The topological polar surface area (TPSA) is 48.1 Å². The summed E-state index contributed by atoms with van der Waals surface area (Å²) in [5, 5.41) is 0.562. The number of anilines is 1. The molecule has 2 rings (SSSR count). The second-order valence-electron chi connectivity index (χ2n) is 3.07. The van der Waals surface area contributed by atoms with Crippen LogP contribution in [0.25, 0.3) is 0 Å². The maximum atomic E-state index is 5.79. The first-order valence-corrected chi connectivity index (χ1v) is 5.67. The van der Waals surface area contributed by atoms with Crippen LogP contribution in [0.2, 0.25) is 5.02 Å². The molecule has 0 saturated heterocycles. The molecule has 0 bridgehead atoms. The van der Waals surface area contributed by atoms with Gasteiger partial charge in [-0.2, -0.15) is 0 Å². The van der Waals surface area contributed by atoms with Gasteiger partial charge in [0.25, 0.3) is 0 Å². The first-order valence-electron chi connectivity index (χ1n) is 4.50. The highest BCUT2D eigenvalue weighted by Gasteiger charge is 2.07. The van der Waals surface area contributed by atoms with Gasteiger partial charge in [-0.15, -0.1) is 0 Å². The normalized spacial score (nSPS) is 10.1. The van der Waals surface area contributed by atoms with Crippen LogP contribution in [0.5, 0.6) is 11.6 Å². The van der Waals surface area contributed by atoms with Gasteiger partial charge in [0.15, 0.2) is 5.75 Å². The van der Waals surface area contributed by atoms with Crippen LogP contribution in [0.15, 0.2) is 41.0 Å². The van der Waals surface area contributed by atoms with Gasteiger partial charge >= 0.3 is 0 Å². The molecule has 0 radical (unpaired) electrons. The number of para-hydroxylation sites is 1. The van der Waals surface area contributed by atoms with Crippen LogP contribution in [-0.4, -0.2) is 4.98 Å². The number of nitrogens with two attached hydrogens (primary N) is 1. The summed E-state index contributed by atoms with van der Waals surface area (Å²) < 4.78 is 6.33. The number of nitrogen functional groups attached to an aromatic ring is 1. The van der Waals surface area contributed by atoms with E-state index >= 15 is 0 Å². The third-order valence-corrected chi connectivity index (χ3v) is 2.75. The molecular weight excluding hydrogens is 291 g/mol. The molecule has 0 amide bonds. The van der Waals surface area contributed by atoms with Crippen LogP contribution >= 0.6 is 27.5 Å². The number of nitrogens with zero attached hydrogens (tertiary/aromatic N) is 1. The van der Waals surface area contributed by atoms with E-state index in [0.29, 0.717) is 22.3 Å². The molecule has 0 aliphatic rings. The van der Waals surface area contributed by atoms with E-state index in [2.05, 4.69) is 20.9 Å². The third-order valence-electron chi connectivity index (χ3n) is 1.90. The molecule has 3 nitrogen and oxygen atoms in total. The zero-order chi connectivity index (χ0) is 11.5. The summed E-state index contributed by atoms with van der Waals surface area (Å²) in [6.45, 7) is 0. The number of hydrogen-bond acceptors (Lipinski definition) is 3. The van der Waals surface area contributed by atoms with Crippen molar-refractivity contribution in [2.24, 2.45) is 0 Å². The fourth-order valence-electron chi connectivity index (χ4n) is 1.16. The maximum Gasteiger partial charge on any atom is 0.219 e. The molecule has 0 saturated carbocycles. The van der Waals surface area contributed by atoms with E-state index in [-0.39, 0.29) is 0 Å². The van der Waals surface area contributed by atoms with Gasteiger partial charge in [0.2, 0.25) is 5.88 Å². The lowest BCUT2D eigenvalue weighted by Crippen LogP contribution is -1.94. The Morgan fingerprint density at radius 2 is 2.06 bits per heavy atom. The number of ether oxygens (including phenoxy) is 1. The third kappa shape index (κ3) is 2.46. The zero-order valence-electron chi connectivity index (χ0n) is 8.15. The van der Waals surface area contributed by atoms with Crippen molar-refractivity contribution in [1.82, 2.24) is 4.98 Å². The van der Waals surface area contributed by atoms with Gasteiger partial charge in [-0.05, 0) is 34.1 Å². The van der Waals surface area contributed by atoms with Crippen LogP contribution in [0.3, 0.4) is 0 Å². The molecule has 1 aromatic carbocycles. The number of aromatic nitrogens is 1. The number of pyridine rings is 1. The molecule has 82 valence electrons. The smallest absolute Gasteiger partial charge is 0.219 e. The van der Waals surface area contributed by atoms with Gasteiger partial charge < -0.3 is 10.5 Å². The molecule has 2 aromatic rings. The second kappa shape index (κ2) is 4.72. The predicted octanol–water partition coefficient (Wildman–Crippen LogP) is 3.87. The van der Waals surface area contributed by atoms with E-state index in [1.54, 1.807) is 18.2 Å². The summed E-state index contributed by atoms with van der Waals surface area (Å²) >= 11 is 9.09. The van der Waals surface area contributed by atoms with Gasteiger partial charge in [-0.1, -0.05) is 17.7 Å². The van der Waals surface area contributed by atoms with Crippen LogP contribution in [0.1, 0.15) is 0 Å². The van der Waals surface area contributed by atoms with Gasteiger partial charge in [-0.3, -0.25) is 0 Å². The molecule has 0 spiro atoms. The minimum Gasteiger partial charge on any atom is -0.436 e. The number of rotatable bonds is 2. The van der Waals surface area contributed by atoms with Crippen molar-refractivity contribution >= 4 is 33.2 Å². The number of halogens is 2. The maximum absolute atomic E-state index is 5.79. The summed E-state index contributed by atoms with van der Waals surface area (Å²) in [6.07, 6.45) is 1.52. The summed E-state index contributed by atoms with van der Waals surface area (Å²) in [5.41, 5.74) is 6.34. The average Bonchev–Trinajstić information content (AvgIpc) is 2.26. The SMILES string of the molecule is Nc1cccc(Br)c1Oc1ccc(Cl)cn1. The van der Waals surface area contributed by atoms with Gasteiger partial charge in [0.05, 0.1) is 15.2 Å². The lowest BCUT2D eigenvalue weighted by Gasteiger charge is -2.09.